The zero-order chi connectivity index (χ0) is 28.0. The highest BCUT2D eigenvalue weighted by atomic mass is 35.5. The van der Waals surface area contributed by atoms with Gasteiger partial charge in [0.05, 0.1) is 24.8 Å². The number of aromatic nitrogens is 1. The molecule has 8 nitrogen and oxygen atoms in total. The maximum Gasteiger partial charge on any atom is 0.255 e. The fourth-order valence-electron chi connectivity index (χ4n) is 4.18. The summed E-state index contributed by atoms with van der Waals surface area (Å²) in [6, 6.07) is 24.6. The summed E-state index contributed by atoms with van der Waals surface area (Å²) in [5, 5.41) is 4.76. The van der Waals surface area contributed by atoms with Gasteiger partial charge in [0.1, 0.15) is 5.75 Å². The van der Waals surface area contributed by atoms with E-state index in [1.54, 1.807) is 18.3 Å². The summed E-state index contributed by atoms with van der Waals surface area (Å²) >= 11 is 6.02. The second kappa shape index (κ2) is 12.3. The molecular formula is C29H29ClN4O4S. The number of methoxy groups -OCH3 is 1. The molecule has 0 bridgehead atoms. The second-order valence-electron chi connectivity index (χ2n) is 8.87. The third kappa shape index (κ3) is 6.75. The number of hydrazone groups is 1. The first-order valence-corrected chi connectivity index (χ1v) is 14.0. The van der Waals surface area contributed by atoms with Gasteiger partial charge in [-0.2, -0.15) is 9.41 Å². The number of ether oxygens (including phenoxy) is 1. The normalized spacial score (nSPS) is 11.7. The molecule has 10 heteroatoms. The van der Waals surface area contributed by atoms with Crippen LogP contribution < -0.4 is 10.2 Å². The van der Waals surface area contributed by atoms with Gasteiger partial charge in [0.15, 0.2) is 0 Å². The first kappa shape index (κ1) is 28.1. The van der Waals surface area contributed by atoms with Crippen LogP contribution in [0, 0.1) is 13.8 Å². The lowest BCUT2D eigenvalue weighted by Crippen LogP contribution is -2.39. The van der Waals surface area contributed by atoms with Crippen molar-refractivity contribution >= 4 is 33.7 Å². The fraction of sp³-hybridized carbons (Fsp3) is 0.172. The number of benzene rings is 3. The van der Waals surface area contributed by atoms with Crippen LogP contribution in [0.1, 0.15) is 22.5 Å². The molecule has 3 aromatic carbocycles. The topological polar surface area (TPSA) is 93.0 Å². The molecule has 0 aliphatic rings. The highest BCUT2D eigenvalue weighted by molar-refractivity contribution is 7.89. The number of nitrogens with one attached hydrogen (secondary N) is 1. The van der Waals surface area contributed by atoms with Crippen molar-refractivity contribution in [3.63, 3.8) is 0 Å². The van der Waals surface area contributed by atoms with Gasteiger partial charge >= 0.3 is 0 Å². The predicted octanol–water partition coefficient (Wildman–Crippen LogP) is 5.10. The van der Waals surface area contributed by atoms with E-state index in [9.17, 15) is 13.2 Å². The van der Waals surface area contributed by atoms with E-state index in [-0.39, 0.29) is 11.4 Å². The van der Waals surface area contributed by atoms with Gasteiger partial charge in [0.25, 0.3) is 5.91 Å². The van der Waals surface area contributed by atoms with Crippen molar-refractivity contribution in [2.45, 2.75) is 25.3 Å². The van der Waals surface area contributed by atoms with E-state index < -0.39 is 22.5 Å². The zero-order valence-corrected chi connectivity index (χ0v) is 23.4. The van der Waals surface area contributed by atoms with Crippen LogP contribution in [0.15, 0.2) is 94.9 Å². The summed E-state index contributed by atoms with van der Waals surface area (Å²) in [4.78, 5) is 12.9. The number of aryl methyl sites for hydroxylation is 1. The first-order valence-electron chi connectivity index (χ1n) is 12.1. The van der Waals surface area contributed by atoms with Crippen molar-refractivity contribution in [1.29, 1.82) is 0 Å². The fourth-order valence-corrected chi connectivity index (χ4v) is 5.70. The number of sulfonamides is 1. The Bertz CT molecular complexity index is 1570. The number of halogens is 1. The summed E-state index contributed by atoms with van der Waals surface area (Å²) in [6.07, 6.45) is 1.55. The molecule has 0 saturated carbocycles. The van der Waals surface area contributed by atoms with Crippen molar-refractivity contribution in [2.75, 3.05) is 13.7 Å². The molecule has 4 aromatic rings. The molecule has 1 aromatic heterocycles. The molecule has 0 aliphatic heterocycles. The number of nitrogens with zero attached hydrogens (tertiary/aromatic N) is 3. The van der Waals surface area contributed by atoms with Crippen molar-refractivity contribution in [3.05, 3.63) is 112 Å². The van der Waals surface area contributed by atoms with Gasteiger partial charge in [-0.15, -0.1) is 0 Å². The maximum atomic E-state index is 13.5. The van der Waals surface area contributed by atoms with Crippen LogP contribution in [0.25, 0.3) is 5.69 Å². The number of rotatable bonds is 10. The minimum Gasteiger partial charge on any atom is -0.497 e. The van der Waals surface area contributed by atoms with E-state index in [1.807, 2.05) is 74.5 Å². The predicted molar refractivity (Wildman–Crippen MR) is 153 cm³/mol. The van der Waals surface area contributed by atoms with E-state index in [0.717, 1.165) is 32.5 Å². The van der Waals surface area contributed by atoms with Crippen molar-refractivity contribution < 1.29 is 17.9 Å². The van der Waals surface area contributed by atoms with E-state index in [2.05, 4.69) is 15.1 Å². The molecule has 0 unspecified atom stereocenters. The van der Waals surface area contributed by atoms with Crippen LogP contribution in [0.2, 0.25) is 5.02 Å². The van der Waals surface area contributed by atoms with Gasteiger partial charge in [0, 0.05) is 34.2 Å². The first-order chi connectivity index (χ1) is 18.7. The zero-order valence-electron chi connectivity index (χ0n) is 21.8. The summed E-state index contributed by atoms with van der Waals surface area (Å²) in [6.45, 7) is 3.54. The van der Waals surface area contributed by atoms with Crippen LogP contribution >= 0.6 is 11.6 Å². The lowest BCUT2D eigenvalue weighted by molar-refractivity contribution is -0.121. The second-order valence-corrected chi connectivity index (χ2v) is 11.2. The van der Waals surface area contributed by atoms with E-state index in [0.29, 0.717) is 10.8 Å². The highest BCUT2D eigenvalue weighted by Gasteiger charge is 2.27. The van der Waals surface area contributed by atoms with Gasteiger partial charge in [-0.3, -0.25) is 4.79 Å². The van der Waals surface area contributed by atoms with Crippen molar-refractivity contribution in [1.82, 2.24) is 14.3 Å². The summed E-state index contributed by atoms with van der Waals surface area (Å²) in [5.41, 5.74) is 6.91. The summed E-state index contributed by atoms with van der Waals surface area (Å²) < 4.78 is 35.2. The molecule has 1 heterocycles. The summed E-state index contributed by atoms with van der Waals surface area (Å²) in [5.74, 6) is -0.0307. The highest BCUT2D eigenvalue weighted by Crippen LogP contribution is 2.22. The largest absolute Gasteiger partial charge is 0.497 e. The molecule has 0 spiro atoms. The Morgan fingerprint density at radius 1 is 1.03 bits per heavy atom. The molecule has 4 rings (SSSR count). The molecule has 0 atom stereocenters. The minimum absolute atomic E-state index is 0.0224. The van der Waals surface area contributed by atoms with Crippen molar-refractivity contribution in [3.8, 4) is 11.4 Å². The Morgan fingerprint density at radius 2 is 1.69 bits per heavy atom. The molecule has 0 aliphatic carbocycles. The average Bonchev–Trinajstić information content (AvgIpc) is 3.22. The molecule has 0 saturated heterocycles. The lowest BCUT2D eigenvalue weighted by Gasteiger charge is -2.21. The van der Waals surface area contributed by atoms with Crippen LogP contribution in [0.5, 0.6) is 5.75 Å². The van der Waals surface area contributed by atoms with Gasteiger partial charge in [-0.05, 0) is 74.0 Å². The number of amides is 1. The molecular weight excluding hydrogens is 536 g/mol. The molecule has 0 fully saturated rings. The SMILES string of the molecule is COc1ccc(S(=O)(=O)N(CC(=O)N/N=C/c2cc(C)n(-c3ccc(Cl)cc3)c2C)Cc2ccccc2)cc1. The monoisotopic (exact) mass is 564 g/mol. The van der Waals surface area contributed by atoms with Crippen LogP contribution in [-0.4, -0.2) is 43.1 Å². The number of carbonyl (C=O) groups excluding carboxylic acids is 1. The van der Waals surface area contributed by atoms with Gasteiger partial charge in [-0.25, -0.2) is 13.8 Å². The van der Waals surface area contributed by atoms with Gasteiger partial charge in [0.2, 0.25) is 10.0 Å². The molecule has 1 amide bonds. The molecule has 1 N–H and O–H groups in total. The summed E-state index contributed by atoms with van der Waals surface area (Å²) in [7, 11) is -2.48. The van der Waals surface area contributed by atoms with Crippen LogP contribution in [0.3, 0.4) is 0 Å². The number of carbonyl (C=O) groups is 1. The molecule has 0 radical (unpaired) electrons. The number of hydrogen-bond acceptors (Lipinski definition) is 5. The Labute approximate surface area is 233 Å². The van der Waals surface area contributed by atoms with E-state index in [4.69, 9.17) is 16.3 Å². The lowest BCUT2D eigenvalue weighted by atomic mass is 10.2. The average molecular weight is 565 g/mol. The Balaban J connectivity index is 1.51. The Hall–Kier alpha value is -3.92. The Kier molecular flexibility index (Phi) is 8.86. The quantitative estimate of drug-likeness (QED) is 0.214. The van der Waals surface area contributed by atoms with Gasteiger partial charge in [-0.1, -0.05) is 41.9 Å². The van der Waals surface area contributed by atoms with Crippen LogP contribution in [0.4, 0.5) is 0 Å². The Morgan fingerprint density at radius 3 is 2.33 bits per heavy atom. The smallest absolute Gasteiger partial charge is 0.255 e. The van der Waals surface area contributed by atoms with Crippen LogP contribution in [-0.2, 0) is 21.4 Å². The third-order valence-corrected chi connectivity index (χ3v) is 8.22. The minimum atomic E-state index is -3.99. The van der Waals surface area contributed by atoms with E-state index in [1.165, 1.54) is 19.2 Å². The van der Waals surface area contributed by atoms with E-state index >= 15 is 0 Å². The van der Waals surface area contributed by atoms with Gasteiger partial charge < -0.3 is 9.30 Å². The third-order valence-electron chi connectivity index (χ3n) is 6.17. The van der Waals surface area contributed by atoms with Crippen molar-refractivity contribution in [2.24, 2.45) is 5.10 Å². The standard InChI is InChI=1S/C29H29ClN4O4S/c1-21-17-24(22(2)34(21)26-11-9-25(30)10-12-26)18-31-32-29(35)20-33(19-23-7-5-4-6-8-23)39(36,37)28-15-13-27(38-3)14-16-28/h4-18H,19-20H2,1-3H3,(H,32,35)/b31-18+. The molecule has 202 valence electrons. The molecule has 39 heavy (non-hydrogen) atoms. The number of hydrogen-bond donors (Lipinski definition) is 1. The maximum absolute atomic E-state index is 13.5.